The zero-order valence-electron chi connectivity index (χ0n) is 10.8. The van der Waals surface area contributed by atoms with Gasteiger partial charge in [-0.05, 0) is 30.7 Å². The lowest BCUT2D eigenvalue weighted by Gasteiger charge is -2.16. The molecule has 0 aliphatic rings. The molecule has 2 rings (SSSR count). The summed E-state index contributed by atoms with van der Waals surface area (Å²) < 4.78 is 0. The average Bonchev–Trinajstić information content (AvgIpc) is 2.41. The first-order chi connectivity index (χ1) is 9.88. The maximum atomic E-state index is 12.1. The number of carbonyl (C=O) groups excluding carboxylic acids is 1. The van der Waals surface area contributed by atoms with Gasteiger partial charge in [-0.25, -0.2) is 4.98 Å². The monoisotopic (exact) mass is 362 g/mol. The van der Waals surface area contributed by atoms with Crippen LogP contribution in [0, 0.1) is 0 Å². The number of benzene rings is 1. The van der Waals surface area contributed by atoms with Crippen LogP contribution in [0.1, 0.15) is 28.9 Å². The number of hydrogen-bond donors (Lipinski definition) is 1. The minimum absolute atomic E-state index is 0.155. The molecular weight excluding hydrogens is 354 g/mol. The lowest BCUT2D eigenvalue weighted by atomic mass is 10.1. The molecule has 1 aromatic carbocycles. The van der Waals surface area contributed by atoms with Crippen LogP contribution in [0.25, 0.3) is 0 Å². The third kappa shape index (κ3) is 4.01. The molecule has 0 bridgehead atoms. The van der Waals surface area contributed by atoms with Gasteiger partial charge >= 0.3 is 0 Å². The number of halogens is 4. The number of hydrogen-bond acceptors (Lipinski definition) is 2. The molecule has 1 atom stereocenters. The Morgan fingerprint density at radius 3 is 2.48 bits per heavy atom. The van der Waals surface area contributed by atoms with E-state index in [0.717, 1.165) is 5.56 Å². The second-order valence-corrected chi connectivity index (χ2v) is 5.97. The Morgan fingerprint density at radius 1 is 1.14 bits per heavy atom. The lowest BCUT2D eigenvalue weighted by Crippen LogP contribution is -2.27. The molecule has 0 aliphatic heterocycles. The van der Waals surface area contributed by atoms with Crippen LogP contribution in [0.3, 0.4) is 0 Å². The smallest absolute Gasteiger partial charge is 0.253 e. The molecule has 21 heavy (non-hydrogen) atoms. The second kappa shape index (κ2) is 6.84. The van der Waals surface area contributed by atoms with E-state index in [-0.39, 0.29) is 22.1 Å². The highest BCUT2D eigenvalue weighted by molar-refractivity contribution is 6.41. The normalized spacial score (nSPS) is 12.0. The van der Waals surface area contributed by atoms with Crippen molar-refractivity contribution >= 4 is 52.3 Å². The fourth-order valence-electron chi connectivity index (χ4n) is 1.76. The molecule has 0 radical (unpaired) electrons. The zero-order chi connectivity index (χ0) is 15.6. The van der Waals surface area contributed by atoms with Crippen LogP contribution in [0.5, 0.6) is 0 Å². The molecule has 3 nitrogen and oxygen atoms in total. The quantitative estimate of drug-likeness (QED) is 0.762. The highest BCUT2D eigenvalue weighted by Crippen LogP contribution is 2.26. The van der Waals surface area contributed by atoms with Gasteiger partial charge in [0.05, 0.1) is 16.6 Å². The number of nitrogens with zero attached hydrogens (tertiary/aromatic N) is 1. The average molecular weight is 364 g/mol. The summed E-state index contributed by atoms with van der Waals surface area (Å²) in [5.41, 5.74) is 1.09. The molecule has 1 aromatic heterocycles. The minimum Gasteiger partial charge on any atom is -0.345 e. The van der Waals surface area contributed by atoms with Gasteiger partial charge in [0, 0.05) is 16.2 Å². The maximum Gasteiger partial charge on any atom is 0.253 e. The van der Waals surface area contributed by atoms with Crippen molar-refractivity contribution in [3.05, 3.63) is 61.8 Å². The van der Waals surface area contributed by atoms with Gasteiger partial charge in [0.1, 0.15) is 5.15 Å². The van der Waals surface area contributed by atoms with E-state index in [1.807, 2.05) is 6.92 Å². The van der Waals surface area contributed by atoms with Crippen LogP contribution in [-0.4, -0.2) is 10.9 Å². The molecular formula is C14H10Cl4N2O. The summed E-state index contributed by atoms with van der Waals surface area (Å²) >= 11 is 23.5. The number of aromatic nitrogens is 1. The van der Waals surface area contributed by atoms with Crippen molar-refractivity contribution in [2.24, 2.45) is 0 Å². The van der Waals surface area contributed by atoms with Crippen LogP contribution in [0.2, 0.25) is 20.2 Å². The Hall–Kier alpha value is -1.000. The molecule has 2 aromatic rings. The van der Waals surface area contributed by atoms with Crippen molar-refractivity contribution < 1.29 is 4.79 Å². The summed E-state index contributed by atoms with van der Waals surface area (Å²) in [7, 11) is 0. The van der Waals surface area contributed by atoms with Gasteiger partial charge in [0.2, 0.25) is 0 Å². The van der Waals surface area contributed by atoms with Crippen molar-refractivity contribution in [3.63, 3.8) is 0 Å². The van der Waals surface area contributed by atoms with Crippen LogP contribution < -0.4 is 5.32 Å². The third-order valence-electron chi connectivity index (χ3n) is 2.84. The molecule has 1 amide bonds. The Labute approximate surface area is 142 Å². The number of carbonyl (C=O) groups is 1. The fourth-order valence-corrected chi connectivity index (χ4v) is 2.60. The number of nitrogens with one attached hydrogen (secondary N) is 1. The molecule has 0 saturated heterocycles. The Kier molecular flexibility index (Phi) is 5.33. The maximum absolute atomic E-state index is 12.1. The van der Waals surface area contributed by atoms with E-state index in [1.54, 1.807) is 18.2 Å². The van der Waals surface area contributed by atoms with E-state index in [1.165, 1.54) is 12.3 Å². The van der Waals surface area contributed by atoms with Crippen LogP contribution >= 0.6 is 46.4 Å². The van der Waals surface area contributed by atoms with E-state index in [9.17, 15) is 4.79 Å². The first-order valence-electron chi connectivity index (χ1n) is 5.95. The van der Waals surface area contributed by atoms with Gasteiger partial charge in [-0.1, -0.05) is 52.5 Å². The topological polar surface area (TPSA) is 42.0 Å². The fraction of sp³-hybridized carbons (Fsp3) is 0.143. The standard InChI is InChI=1S/C14H10Cl4N2O/c1-7(10-3-2-9(15)5-11(10)16)20-14(21)8-4-12(17)13(18)19-6-8/h2-7H,1H3,(H,20,21)/t7-/m0/s1. The molecule has 0 spiro atoms. The predicted molar refractivity (Wildman–Crippen MR) is 86.6 cm³/mol. The highest BCUT2D eigenvalue weighted by atomic mass is 35.5. The van der Waals surface area contributed by atoms with Crippen LogP contribution in [0.15, 0.2) is 30.5 Å². The highest BCUT2D eigenvalue weighted by Gasteiger charge is 2.15. The third-order valence-corrected chi connectivity index (χ3v) is 4.08. The van der Waals surface area contributed by atoms with Gasteiger partial charge in [0.15, 0.2) is 0 Å². The molecule has 0 aliphatic carbocycles. The summed E-state index contributed by atoms with van der Waals surface area (Å²) in [5, 5.41) is 4.22. The first kappa shape index (κ1) is 16.4. The summed E-state index contributed by atoms with van der Waals surface area (Å²) in [6.45, 7) is 1.82. The Balaban J connectivity index is 2.16. The van der Waals surface area contributed by atoms with E-state index in [2.05, 4.69) is 10.3 Å². The molecule has 1 N–H and O–H groups in total. The van der Waals surface area contributed by atoms with E-state index in [0.29, 0.717) is 15.6 Å². The summed E-state index contributed by atoms with van der Waals surface area (Å²) in [6, 6.07) is 6.27. The number of rotatable bonds is 3. The van der Waals surface area contributed by atoms with Gasteiger partial charge in [-0.3, -0.25) is 4.79 Å². The Morgan fingerprint density at radius 2 is 1.86 bits per heavy atom. The molecule has 0 saturated carbocycles. The van der Waals surface area contributed by atoms with Gasteiger partial charge in [-0.15, -0.1) is 0 Å². The number of amides is 1. The molecule has 1 heterocycles. The number of pyridine rings is 1. The van der Waals surface area contributed by atoms with Gasteiger partial charge < -0.3 is 5.32 Å². The molecule has 0 unspecified atom stereocenters. The summed E-state index contributed by atoms with van der Waals surface area (Å²) in [5.74, 6) is -0.320. The summed E-state index contributed by atoms with van der Waals surface area (Å²) in [6.07, 6.45) is 1.36. The van der Waals surface area contributed by atoms with Crippen molar-refractivity contribution in [2.45, 2.75) is 13.0 Å². The van der Waals surface area contributed by atoms with E-state index < -0.39 is 0 Å². The lowest BCUT2D eigenvalue weighted by molar-refractivity contribution is 0.0939. The predicted octanol–water partition coefficient (Wildman–Crippen LogP) is 5.19. The van der Waals surface area contributed by atoms with Crippen molar-refractivity contribution in [1.29, 1.82) is 0 Å². The summed E-state index contributed by atoms with van der Waals surface area (Å²) in [4.78, 5) is 16.0. The largest absolute Gasteiger partial charge is 0.345 e. The van der Waals surface area contributed by atoms with E-state index in [4.69, 9.17) is 46.4 Å². The molecule has 0 fully saturated rings. The first-order valence-corrected chi connectivity index (χ1v) is 7.46. The van der Waals surface area contributed by atoms with Crippen molar-refractivity contribution in [1.82, 2.24) is 10.3 Å². The van der Waals surface area contributed by atoms with Gasteiger partial charge in [-0.2, -0.15) is 0 Å². The van der Waals surface area contributed by atoms with Crippen molar-refractivity contribution in [3.8, 4) is 0 Å². The van der Waals surface area contributed by atoms with Crippen molar-refractivity contribution in [2.75, 3.05) is 0 Å². The molecule has 7 heteroatoms. The van der Waals surface area contributed by atoms with Crippen LogP contribution in [-0.2, 0) is 0 Å². The second-order valence-electron chi connectivity index (χ2n) is 4.36. The SMILES string of the molecule is C[C@H](NC(=O)c1cnc(Cl)c(Cl)c1)c1ccc(Cl)cc1Cl. The minimum atomic E-state index is -0.320. The zero-order valence-corrected chi connectivity index (χ0v) is 13.9. The van der Waals surface area contributed by atoms with E-state index >= 15 is 0 Å². The molecule has 110 valence electrons. The Bertz CT molecular complexity index is 691. The van der Waals surface area contributed by atoms with Gasteiger partial charge in [0.25, 0.3) is 5.91 Å². The van der Waals surface area contributed by atoms with Crippen LogP contribution in [0.4, 0.5) is 0 Å².